The molecule has 1 aromatic heterocycles. The predicted octanol–water partition coefficient (Wildman–Crippen LogP) is 9.19. The molecule has 1 heterocycles. The zero-order valence-electron chi connectivity index (χ0n) is 23.8. The number of hydrogen-bond acceptors (Lipinski definition) is 3. The summed E-state index contributed by atoms with van der Waals surface area (Å²) in [6.45, 7) is 20.5. The van der Waals surface area contributed by atoms with Crippen molar-refractivity contribution in [3.63, 3.8) is 0 Å². The van der Waals surface area contributed by atoms with Crippen molar-refractivity contribution in [2.24, 2.45) is 5.41 Å². The lowest BCUT2D eigenvalue weighted by atomic mass is 9.59. The van der Waals surface area contributed by atoms with Crippen LogP contribution in [0.5, 0.6) is 0 Å². The van der Waals surface area contributed by atoms with Gasteiger partial charge in [0.1, 0.15) is 6.10 Å². The zero-order valence-corrected chi connectivity index (χ0v) is 27.0. The van der Waals surface area contributed by atoms with Gasteiger partial charge in [-0.15, -0.1) is 0 Å². The minimum absolute atomic E-state index is 0.0600. The SMILES string of the molecule is CC(C)c1ccc(C(O)c2c(C(C)C)nc3c(c2I)[C@H](O[Si](C)(C)C(C)(C)C)CC2(CCC2)C3)cc1. The van der Waals surface area contributed by atoms with E-state index < -0.39 is 14.4 Å². The number of aliphatic hydroxyl groups is 1. The Labute approximate surface area is 234 Å². The largest absolute Gasteiger partial charge is 0.410 e. The highest BCUT2D eigenvalue weighted by Crippen LogP contribution is 2.57. The van der Waals surface area contributed by atoms with Gasteiger partial charge in [0.15, 0.2) is 8.32 Å². The third-order valence-corrected chi connectivity index (χ3v) is 14.8. The maximum Gasteiger partial charge on any atom is 0.192 e. The molecule has 198 valence electrons. The third-order valence-electron chi connectivity index (χ3n) is 9.19. The monoisotopic (exact) mass is 619 g/mol. The lowest BCUT2D eigenvalue weighted by Gasteiger charge is -2.50. The molecule has 0 bridgehead atoms. The Hall–Kier alpha value is -0.763. The molecule has 2 aliphatic rings. The van der Waals surface area contributed by atoms with Gasteiger partial charge in [-0.2, -0.15) is 0 Å². The molecule has 1 N–H and O–H groups in total. The molecule has 1 saturated carbocycles. The van der Waals surface area contributed by atoms with Gasteiger partial charge in [-0.05, 0) is 94.8 Å². The van der Waals surface area contributed by atoms with Gasteiger partial charge in [0, 0.05) is 20.4 Å². The summed E-state index contributed by atoms with van der Waals surface area (Å²) in [5, 5.41) is 11.9. The van der Waals surface area contributed by atoms with Crippen molar-refractivity contribution in [1.82, 2.24) is 4.98 Å². The molecule has 2 aromatic rings. The van der Waals surface area contributed by atoms with Crippen molar-refractivity contribution in [3.8, 4) is 0 Å². The van der Waals surface area contributed by atoms with Gasteiger partial charge in [0.05, 0.1) is 11.8 Å². The smallest absolute Gasteiger partial charge is 0.192 e. The van der Waals surface area contributed by atoms with Crippen LogP contribution < -0.4 is 0 Å². The fraction of sp³-hybridized carbons (Fsp3) is 0.645. The van der Waals surface area contributed by atoms with E-state index in [0.717, 1.165) is 29.7 Å². The lowest BCUT2D eigenvalue weighted by molar-refractivity contribution is 0.0293. The highest BCUT2D eigenvalue weighted by atomic mass is 127. The molecule has 1 unspecified atom stereocenters. The number of pyridine rings is 1. The van der Waals surface area contributed by atoms with Crippen LogP contribution in [0.4, 0.5) is 0 Å². The average molecular weight is 620 g/mol. The van der Waals surface area contributed by atoms with Gasteiger partial charge in [-0.3, -0.25) is 4.98 Å². The second-order valence-corrected chi connectivity index (χ2v) is 19.4. The van der Waals surface area contributed by atoms with Gasteiger partial charge in [0.25, 0.3) is 0 Å². The number of fused-ring (bicyclic) bond motifs is 1. The molecule has 1 aromatic carbocycles. The number of hydrogen-bond donors (Lipinski definition) is 1. The van der Waals surface area contributed by atoms with E-state index in [0.29, 0.717) is 11.3 Å². The molecule has 2 aliphatic carbocycles. The van der Waals surface area contributed by atoms with E-state index in [4.69, 9.17) is 9.41 Å². The first-order chi connectivity index (χ1) is 16.7. The van der Waals surface area contributed by atoms with Crippen LogP contribution in [0.1, 0.15) is 132 Å². The van der Waals surface area contributed by atoms with Crippen LogP contribution in [-0.4, -0.2) is 18.4 Å². The lowest BCUT2D eigenvalue weighted by Crippen LogP contribution is -2.46. The van der Waals surface area contributed by atoms with Gasteiger partial charge in [-0.25, -0.2) is 0 Å². The Kier molecular flexibility index (Phi) is 7.91. The molecule has 0 saturated heterocycles. The summed E-state index contributed by atoms with van der Waals surface area (Å²) >= 11 is 2.51. The molecule has 4 rings (SSSR count). The fourth-order valence-corrected chi connectivity index (χ4v) is 8.15. The molecular formula is C31H46INO2Si. The van der Waals surface area contributed by atoms with Gasteiger partial charge < -0.3 is 9.53 Å². The van der Waals surface area contributed by atoms with Crippen LogP contribution in [0.3, 0.4) is 0 Å². The van der Waals surface area contributed by atoms with Crippen LogP contribution in [0.25, 0.3) is 0 Å². The average Bonchev–Trinajstić information content (AvgIpc) is 2.76. The van der Waals surface area contributed by atoms with Crippen molar-refractivity contribution in [3.05, 3.63) is 61.5 Å². The maximum absolute atomic E-state index is 11.8. The first kappa shape index (κ1) is 28.3. The predicted molar refractivity (Wildman–Crippen MR) is 161 cm³/mol. The molecule has 1 fully saturated rings. The van der Waals surface area contributed by atoms with Crippen molar-refractivity contribution in [2.45, 2.75) is 123 Å². The molecule has 3 nitrogen and oxygen atoms in total. The van der Waals surface area contributed by atoms with E-state index in [1.807, 2.05) is 0 Å². The van der Waals surface area contributed by atoms with E-state index in [2.05, 4.69) is 108 Å². The normalized spacial score (nSPS) is 20.5. The summed E-state index contributed by atoms with van der Waals surface area (Å²) in [6.07, 6.45) is 5.39. The molecule has 0 amide bonds. The zero-order chi connectivity index (χ0) is 26.6. The van der Waals surface area contributed by atoms with E-state index in [1.165, 1.54) is 39.7 Å². The Bertz CT molecular complexity index is 1100. The molecule has 5 heteroatoms. The second kappa shape index (κ2) is 10.1. The number of halogens is 1. The Morgan fingerprint density at radius 2 is 1.61 bits per heavy atom. The standard InChI is InChI=1S/C31H46INO2Si/c1-19(2)21-11-13-22(14-12-21)29(34)26-27(32)25-23(33-28(26)20(3)4)17-31(15-10-16-31)18-24(25)35-36(8,9)30(5,6)7/h11-14,19-20,24,29,34H,10,15-18H2,1-9H3/t24-,29?/m1/s1. The van der Waals surface area contributed by atoms with Gasteiger partial charge in [-0.1, -0.05) is 79.2 Å². The second-order valence-electron chi connectivity index (χ2n) is 13.6. The van der Waals surface area contributed by atoms with Crippen LogP contribution in [-0.2, 0) is 10.8 Å². The topological polar surface area (TPSA) is 42.4 Å². The first-order valence-electron chi connectivity index (χ1n) is 13.8. The first-order valence-corrected chi connectivity index (χ1v) is 17.8. The van der Waals surface area contributed by atoms with Crippen LogP contribution in [0, 0.1) is 8.99 Å². The fourth-order valence-electron chi connectivity index (χ4n) is 5.66. The number of benzene rings is 1. The quantitative estimate of drug-likeness (QED) is 0.259. The third kappa shape index (κ3) is 5.23. The highest BCUT2D eigenvalue weighted by Gasteiger charge is 2.49. The summed E-state index contributed by atoms with van der Waals surface area (Å²) in [6, 6.07) is 8.49. The highest BCUT2D eigenvalue weighted by molar-refractivity contribution is 14.1. The molecule has 1 spiro atoms. The van der Waals surface area contributed by atoms with Crippen molar-refractivity contribution < 1.29 is 9.53 Å². The van der Waals surface area contributed by atoms with Crippen molar-refractivity contribution in [1.29, 1.82) is 0 Å². The minimum atomic E-state index is -1.99. The minimum Gasteiger partial charge on any atom is -0.410 e. The number of aromatic nitrogens is 1. The van der Waals surface area contributed by atoms with Crippen molar-refractivity contribution in [2.75, 3.05) is 0 Å². The van der Waals surface area contributed by atoms with Crippen LogP contribution >= 0.6 is 22.6 Å². The number of aliphatic hydroxyl groups excluding tert-OH is 1. The number of nitrogens with zero attached hydrogens (tertiary/aromatic N) is 1. The summed E-state index contributed by atoms with van der Waals surface area (Å²) in [5.41, 5.74) is 7.09. The van der Waals surface area contributed by atoms with Crippen LogP contribution in [0.15, 0.2) is 24.3 Å². The molecule has 36 heavy (non-hydrogen) atoms. The summed E-state index contributed by atoms with van der Waals surface area (Å²) < 4.78 is 8.34. The van der Waals surface area contributed by atoms with E-state index in [1.54, 1.807) is 0 Å². The molecule has 2 atom stereocenters. The maximum atomic E-state index is 11.8. The summed E-state index contributed by atoms with van der Waals surface area (Å²) in [5.74, 6) is 0.711. The summed E-state index contributed by atoms with van der Waals surface area (Å²) in [7, 11) is -1.99. The Morgan fingerprint density at radius 3 is 2.08 bits per heavy atom. The van der Waals surface area contributed by atoms with E-state index >= 15 is 0 Å². The van der Waals surface area contributed by atoms with Gasteiger partial charge in [0.2, 0.25) is 0 Å². The van der Waals surface area contributed by atoms with Crippen molar-refractivity contribution >= 4 is 30.9 Å². The molecule has 0 aliphatic heterocycles. The Morgan fingerprint density at radius 1 is 1.03 bits per heavy atom. The Balaban J connectivity index is 1.84. The van der Waals surface area contributed by atoms with Crippen LogP contribution in [0.2, 0.25) is 18.1 Å². The van der Waals surface area contributed by atoms with Gasteiger partial charge >= 0.3 is 0 Å². The molecule has 0 radical (unpaired) electrons. The van der Waals surface area contributed by atoms with E-state index in [-0.39, 0.29) is 17.1 Å². The number of rotatable bonds is 6. The summed E-state index contributed by atoms with van der Waals surface area (Å²) in [4.78, 5) is 5.36. The molecular weight excluding hydrogens is 573 g/mol. The van der Waals surface area contributed by atoms with E-state index in [9.17, 15) is 5.11 Å².